The van der Waals surface area contributed by atoms with Crippen molar-refractivity contribution in [1.82, 2.24) is 4.90 Å². The second-order valence-corrected chi connectivity index (χ2v) is 6.86. The maximum absolute atomic E-state index is 12.4. The van der Waals surface area contributed by atoms with Gasteiger partial charge in [0.15, 0.2) is 0 Å². The molecule has 0 aromatic heterocycles. The van der Waals surface area contributed by atoms with E-state index in [0.717, 1.165) is 24.3 Å². The molecule has 2 fully saturated rings. The Morgan fingerprint density at radius 2 is 2.25 bits per heavy atom. The lowest BCUT2D eigenvalue weighted by Gasteiger charge is -2.46. The third kappa shape index (κ3) is 2.20. The van der Waals surface area contributed by atoms with Crippen LogP contribution in [0.25, 0.3) is 0 Å². The molecule has 0 bridgehead atoms. The average molecular weight is 297 g/mol. The van der Waals surface area contributed by atoms with Gasteiger partial charge in [-0.2, -0.15) is 0 Å². The highest BCUT2D eigenvalue weighted by molar-refractivity contribution is 6.31. The summed E-state index contributed by atoms with van der Waals surface area (Å²) in [6.45, 7) is 1.79. The molecule has 0 radical (unpaired) electrons. The Bertz CT molecular complexity index is 486. The summed E-state index contributed by atoms with van der Waals surface area (Å²) in [5, 5.41) is 11.3. The van der Waals surface area contributed by atoms with Gasteiger partial charge in [-0.25, -0.2) is 0 Å². The Labute approximate surface area is 124 Å². The molecule has 20 heavy (non-hydrogen) atoms. The van der Waals surface area contributed by atoms with E-state index in [2.05, 4.69) is 0 Å². The fourth-order valence-electron chi connectivity index (χ4n) is 3.98. The summed E-state index contributed by atoms with van der Waals surface area (Å²) >= 11 is 6.08. The number of fused-ring (bicyclic) bond motifs is 1. The number of aliphatic hydroxyl groups is 1. The molecular weight excluding hydrogens is 276 g/mol. The van der Waals surface area contributed by atoms with Gasteiger partial charge in [0.2, 0.25) is 5.91 Å². The third-order valence-corrected chi connectivity index (χ3v) is 5.16. The molecule has 1 amide bonds. The van der Waals surface area contributed by atoms with Crippen LogP contribution in [-0.4, -0.2) is 39.6 Å². The molecule has 3 aliphatic rings. The molecule has 3 rings (SSSR count). The van der Waals surface area contributed by atoms with Crippen LogP contribution in [0.15, 0.2) is 23.3 Å². The number of allylic oxidation sites excluding steroid dienone is 3. The molecular formula is C15H21ClN2O2. The van der Waals surface area contributed by atoms with Gasteiger partial charge in [0, 0.05) is 23.4 Å². The molecule has 5 heteroatoms. The van der Waals surface area contributed by atoms with Crippen molar-refractivity contribution >= 4 is 17.5 Å². The van der Waals surface area contributed by atoms with Crippen molar-refractivity contribution in [2.75, 3.05) is 0 Å². The second kappa shape index (κ2) is 4.86. The van der Waals surface area contributed by atoms with E-state index in [1.165, 1.54) is 0 Å². The molecule has 2 unspecified atom stereocenters. The van der Waals surface area contributed by atoms with E-state index in [1.807, 2.05) is 23.1 Å². The van der Waals surface area contributed by atoms with E-state index in [-0.39, 0.29) is 23.9 Å². The van der Waals surface area contributed by atoms with Crippen molar-refractivity contribution in [3.05, 3.63) is 23.3 Å². The molecule has 0 saturated carbocycles. The average Bonchev–Trinajstić information content (AvgIpc) is 2.81. The summed E-state index contributed by atoms with van der Waals surface area (Å²) in [4.78, 5) is 14.3. The smallest absolute Gasteiger partial charge is 0.240 e. The largest absolute Gasteiger partial charge is 0.388 e. The number of hydrogen-bond acceptors (Lipinski definition) is 3. The fraction of sp³-hybridized carbons (Fsp3) is 0.667. The Morgan fingerprint density at radius 1 is 1.50 bits per heavy atom. The molecule has 4 nitrogen and oxygen atoms in total. The minimum atomic E-state index is -0.889. The number of carbonyl (C=O) groups excluding carboxylic acids is 1. The molecule has 0 aromatic carbocycles. The number of piperidine rings is 1. The van der Waals surface area contributed by atoms with Crippen LogP contribution in [0.1, 0.15) is 32.6 Å². The van der Waals surface area contributed by atoms with Gasteiger partial charge in [-0.1, -0.05) is 23.8 Å². The van der Waals surface area contributed by atoms with Crippen molar-refractivity contribution in [2.24, 2.45) is 11.7 Å². The Morgan fingerprint density at radius 3 is 2.95 bits per heavy atom. The zero-order chi connectivity index (χ0) is 14.5. The summed E-state index contributed by atoms with van der Waals surface area (Å²) in [6, 6.07) is -0.609. The lowest BCUT2D eigenvalue weighted by molar-refractivity contribution is -0.153. The first-order valence-corrected chi connectivity index (χ1v) is 7.62. The van der Waals surface area contributed by atoms with Gasteiger partial charge in [0.25, 0.3) is 0 Å². The van der Waals surface area contributed by atoms with Crippen LogP contribution in [0.3, 0.4) is 0 Å². The predicted octanol–water partition coefficient (Wildman–Crippen LogP) is 1.53. The highest BCUT2D eigenvalue weighted by atomic mass is 35.5. The summed E-state index contributed by atoms with van der Waals surface area (Å²) in [5.74, 6) is 0.200. The molecule has 2 heterocycles. The first kappa shape index (κ1) is 14.1. The van der Waals surface area contributed by atoms with Gasteiger partial charge < -0.3 is 15.7 Å². The number of amides is 1. The second-order valence-electron chi connectivity index (χ2n) is 6.43. The quantitative estimate of drug-likeness (QED) is 0.771. The van der Waals surface area contributed by atoms with Crippen LogP contribution in [0.5, 0.6) is 0 Å². The molecule has 2 aliphatic heterocycles. The number of nitrogens with zero attached hydrogens (tertiary/aromatic N) is 1. The SMILES string of the molecule is CC1(O)C[C@@H](N)C(=O)N2[C@H](C3C=C(Cl)C=CC3)CC[C@@H]21. The molecule has 1 aliphatic carbocycles. The summed E-state index contributed by atoms with van der Waals surface area (Å²) in [7, 11) is 0. The molecule has 0 spiro atoms. The maximum Gasteiger partial charge on any atom is 0.240 e. The first-order valence-electron chi connectivity index (χ1n) is 7.24. The van der Waals surface area contributed by atoms with E-state index in [0.29, 0.717) is 6.42 Å². The van der Waals surface area contributed by atoms with Crippen molar-refractivity contribution in [2.45, 2.75) is 56.3 Å². The highest BCUT2D eigenvalue weighted by Gasteiger charge is 2.53. The van der Waals surface area contributed by atoms with E-state index in [9.17, 15) is 9.90 Å². The fourth-order valence-corrected chi connectivity index (χ4v) is 4.23. The first-order chi connectivity index (χ1) is 9.40. The lowest BCUT2D eigenvalue weighted by Crippen LogP contribution is -2.64. The van der Waals surface area contributed by atoms with Gasteiger partial charge in [0.05, 0.1) is 17.7 Å². The third-order valence-electron chi connectivity index (χ3n) is 4.90. The van der Waals surface area contributed by atoms with E-state index >= 15 is 0 Å². The zero-order valence-corrected chi connectivity index (χ0v) is 12.4. The van der Waals surface area contributed by atoms with Crippen molar-refractivity contribution in [3.8, 4) is 0 Å². The van der Waals surface area contributed by atoms with Crippen molar-refractivity contribution in [1.29, 1.82) is 0 Å². The number of rotatable bonds is 1. The minimum Gasteiger partial charge on any atom is -0.388 e. The van der Waals surface area contributed by atoms with Crippen LogP contribution in [-0.2, 0) is 4.79 Å². The van der Waals surface area contributed by atoms with Crippen LogP contribution >= 0.6 is 11.6 Å². The van der Waals surface area contributed by atoms with Crippen molar-refractivity contribution in [3.63, 3.8) is 0 Å². The highest BCUT2D eigenvalue weighted by Crippen LogP contribution is 2.42. The molecule has 110 valence electrons. The number of hydrogen-bond donors (Lipinski definition) is 2. The van der Waals surface area contributed by atoms with Gasteiger partial charge in [0.1, 0.15) is 0 Å². The molecule has 5 atom stereocenters. The molecule has 3 N–H and O–H groups in total. The standard InChI is InChI=1S/C15H21ClN2O2/c1-15(20)8-11(17)14(19)18-12(5-6-13(15)18)9-3-2-4-10(16)7-9/h2,4,7,9,11-13,20H,3,5-6,8,17H2,1H3/t9?,11-,12+,13-,15?/m1/s1. The minimum absolute atomic E-state index is 0.0249. The topological polar surface area (TPSA) is 66.6 Å². The Hall–Kier alpha value is -0.840. The van der Waals surface area contributed by atoms with E-state index < -0.39 is 11.6 Å². The maximum atomic E-state index is 12.4. The van der Waals surface area contributed by atoms with Crippen LogP contribution in [0, 0.1) is 5.92 Å². The number of halogens is 1. The zero-order valence-electron chi connectivity index (χ0n) is 11.6. The van der Waals surface area contributed by atoms with E-state index in [4.69, 9.17) is 17.3 Å². The summed E-state index contributed by atoms with van der Waals surface area (Å²) < 4.78 is 0. The van der Waals surface area contributed by atoms with Gasteiger partial charge >= 0.3 is 0 Å². The van der Waals surface area contributed by atoms with E-state index in [1.54, 1.807) is 6.92 Å². The Kier molecular flexibility index (Phi) is 3.43. The monoisotopic (exact) mass is 296 g/mol. The predicted molar refractivity (Wildman–Crippen MR) is 78.1 cm³/mol. The number of nitrogens with two attached hydrogens (primary N) is 1. The lowest BCUT2D eigenvalue weighted by atomic mass is 9.83. The van der Waals surface area contributed by atoms with Gasteiger partial charge in [-0.15, -0.1) is 0 Å². The summed E-state index contributed by atoms with van der Waals surface area (Å²) in [6.07, 6.45) is 8.93. The van der Waals surface area contributed by atoms with Crippen LogP contribution < -0.4 is 5.73 Å². The van der Waals surface area contributed by atoms with Gasteiger partial charge in [-0.05, 0) is 32.3 Å². The normalized spacial score (nSPS) is 44.5. The Balaban J connectivity index is 1.88. The number of carbonyl (C=O) groups is 1. The molecule has 2 saturated heterocycles. The van der Waals surface area contributed by atoms with Crippen LogP contribution in [0.4, 0.5) is 0 Å². The summed E-state index contributed by atoms with van der Waals surface area (Å²) in [5.41, 5.74) is 5.03. The molecule has 0 aromatic rings. The van der Waals surface area contributed by atoms with Crippen molar-refractivity contribution < 1.29 is 9.90 Å². The van der Waals surface area contributed by atoms with Gasteiger partial charge in [-0.3, -0.25) is 4.79 Å². The van der Waals surface area contributed by atoms with Crippen LogP contribution in [0.2, 0.25) is 0 Å².